The van der Waals surface area contributed by atoms with Crippen LogP contribution in [-0.2, 0) is 4.79 Å². The van der Waals surface area contributed by atoms with Crippen LogP contribution in [-0.4, -0.2) is 47.7 Å². The highest BCUT2D eigenvalue weighted by molar-refractivity contribution is 5.67. The summed E-state index contributed by atoms with van der Waals surface area (Å²) >= 11 is 0. The molecule has 1 aliphatic heterocycles. The van der Waals surface area contributed by atoms with Crippen molar-refractivity contribution >= 4 is 5.97 Å². The first-order valence-electron chi connectivity index (χ1n) is 6.84. The van der Waals surface area contributed by atoms with Crippen molar-refractivity contribution in [2.45, 2.75) is 51.1 Å². The molecule has 4 nitrogen and oxygen atoms in total. The molecule has 2 unspecified atom stereocenters. The molecule has 0 aromatic heterocycles. The van der Waals surface area contributed by atoms with E-state index in [1.165, 1.54) is 25.7 Å². The second kappa shape index (κ2) is 5.83. The van der Waals surface area contributed by atoms with E-state index in [1.54, 1.807) is 0 Å². The number of nitrogens with one attached hydrogen (secondary N) is 1. The van der Waals surface area contributed by atoms with Gasteiger partial charge in [-0.1, -0.05) is 19.8 Å². The van der Waals surface area contributed by atoms with Gasteiger partial charge in [-0.15, -0.1) is 0 Å². The number of carbonyl (C=O) groups is 1. The maximum atomic E-state index is 10.8. The van der Waals surface area contributed by atoms with Gasteiger partial charge < -0.3 is 10.4 Å². The smallest absolute Gasteiger partial charge is 0.304 e. The number of nitrogens with zero attached hydrogens (tertiary/aromatic N) is 1. The molecule has 0 spiro atoms. The molecule has 0 radical (unpaired) electrons. The molecular formula is C13H24N2O2. The molecule has 2 rings (SSSR count). The maximum Gasteiger partial charge on any atom is 0.304 e. The van der Waals surface area contributed by atoms with Gasteiger partial charge in [0.15, 0.2) is 0 Å². The van der Waals surface area contributed by atoms with Crippen LogP contribution in [0.3, 0.4) is 0 Å². The van der Waals surface area contributed by atoms with E-state index >= 15 is 0 Å². The van der Waals surface area contributed by atoms with E-state index in [2.05, 4.69) is 17.1 Å². The SMILES string of the molecule is CC1CNC(CC(=O)O)CN(C2CCCC2)C1. The summed E-state index contributed by atoms with van der Waals surface area (Å²) in [7, 11) is 0. The monoisotopic (exact) mass is 240 g/mol. The third-order valence-corrected chi connectivity index (χ3v) is 4.02. The minimum Gasteiger partial charge on any atom is -0.481 e. The van der Waals surface area contributed by atoms with Gasteiger partial charge >= 0.3 is 5.97 Å². The largest absolute Gasteiger partial charge is 0.481 e. The fourth-order valence-corrected chi connectivity index (χ4v) is 3.17. The molecule has 2 atom stereocenters. The number of rotatable bonds is 3. The Labute approximate surface area is 103 Å². The van der Waals surface area contributed by atoms with Crippen LogP contribution in [0.4, 0.5) is 0 Å². The molecular weight excluding hydrogens is 216 g/mol. The molecule has 1 heterocycles. The van der Waals surface area contributed by atoms with Gasteiger partial charge in [-0.05, 0) is 25.3 Å². The first kappa shape index (κ1) is 12.8. The molecule has 1 saturated heterocycles. The van der Waals surface area contributed by atoms with Gasteiger partial charge in [-0.25, -0.2) is 0 Å². The van der Waals surface area contributed by atoms with E-state index in [4.69, 9.17) is 5.11 Å². The van der Waals surface area contributed by atoms with Crippen LogP contribution >= 0.6 is 0 Å². The van der Waals surface area contributed by atoms with Crippen molar-refractivity contribution in [2.75, 3.05) is 19.6 Å². The molecule has 0 aromatic carbocycles. The van der Waals surface area contributed by atoms with E-state index in [0.717, 1.165) is 19.6 Å². The summed E-state index contributed by atoms with van der Waals surface area (Å²) in [4.78, 5) is 13.4. The Morgan fingerprint density at radius 3 is 2.71 bits per heavy atom. The lowest BCUT2D eigenvalue weighted by molar-refractivity contribution is -0.137. The first-order chi connectivity index (χ1) is 8.15. The number of hydrogen-bond acceptors (Lipinski definition) is 3. The fourth-order valence-electron chi connectivity index (χ4n) is 3.17. The summed E-state index contributed by atoms with van der Waals surface area (Å²) in [5.41, 5.74) is 0. The van der Waals surface area contributed by atoms with Crippen molar-refractivity contribution in [1.82, 2.24) is 10.2 Å². The zero-order valence-corrected chi connectivity index (χ0v) is 10.7. The van der Waals surface area contributed by atoms with Gasteiger partial charge in [-0.3, -0.25) is 9.69 Å². The van der Waals surface area contributed by atoms with Crippen molar-refractivity contribution < 1.29 is 9.90 Å². The highest BCUT2D eigenvalue weighted by Gasteiger charge is 2.29. The summed E-state index contributed by atoms with van der Waals surface area (Å²) in [6, 6.07) is 0.826. The van der Waals surface area contributed by atoms with Crippen molar-refractivity contribution in [3.63, 3.8) is 0 Å². The predicted molar refractivity (Wildman–Crippen MR) is 67.0 cm³/mol. The first-order valence-corrected chi connectivity index (χ1v) is 6.84. The molecule has 17 heavy (non-hydrogen) atoms. The second-order valence-electron chi connectivity index (χ2n) is 5.70. The van der Waals surface area contributed by atoms with Gasteiger partial charge in [-0.2, -0.15) is 0 Å². The molecule has 0 aromatic rings. The van der Waals surface area contributed by atoms with Gasteiger partial charge in [0, 0.05) is 25.2 Å². The van der Waals surface area contributed by atoms with E-state index < -0.39 is 5.97 Å². The highest BCUT2D eigenvalue weighted by atomic mass is 16.4. The fraction of sp³-hybridized carbons (Fsp3) is 0.923. The van der Waals surface area contributed by atoms with Crippen molar-refractivity contribution in [1.29, 1.82) is 0 Å². The minimum absolute atomic E-state index is 0.123. The normalized spacial score (nSPS) is 32.5. The van der Waals surface area contributed by atoms with Crippen LogP contribution in [0.5, 0.6) is 0 Å². The van der Waals surface area contributed by atoms with Gasteiger partial charge in [0.1, 0.15) is 0 Å². The van der Waals surface area contributed by atoms with Crippen LogP contribution < -0.4 is 5.32 Å². The lowest BCUT2D eigenvalue weighted by Gasteiger charge is -2.30. The zero-order chi connectivity index (χ0) is 12.3. The minimum atomic E-state index is -0.691. The molecule has 2 fully saturated rings. The van der Waals surface area contributed by atoms with Crippen LogP contribution in [0, 0.1) is 5.92 Å². The Kier molecular flexibility index (Phi) is 4.40. The second-order valence-corrected chi connectivity index (χ2v) is 5.70. The standard InChI is InChI=1S/C13H24N2O2/c1-10-7-14-11(6-13(16)17)9-15(8-10)12-4-2-3-5-12/h10-12,14H,2-9H2,1H3,(H,16,17). The Bertz CT molecular complexity index is 264. The Hall–Kier alpha value is -0.610. The lowest BCUT2D eigenvalue weighted by atomic mass is 10.1. The average molecular weight is 240 g/mol. The number of carboxylic acids is 1. The molecule has 1 aliphatic carbocycles. The van der Waals surface area contributed by atoms with Crippen molar-refractivity contribution in [2.24, 2.45) is 5.92 Å². The molecule has 1 saturated carbocycles. The van der Waals surface area contributed by atoms with Crippen molar-refractivity contribution in [3.8, 4) is 0 Å². The summed E-state index contributed by atoms with van der Waals surface area (Å²) in [5.74, 6) is -0.0715. The van der Waals surface area contributed by atoms with Gasteiger partial charge in [0.25, 0.3) is 0 Å². The van der Waals surface area contributed by atoms with Gasteiger partial charge in [0.2, 0.25) is 0 Å². The van der Waals surface area contributed by atoms with E-state index in [0.29, 0.717) is 12.0 Å². The van der Waals surface area contributed by atoms with E-state index in [1.807, 2.05) is 0 Å². The summed E-state index contributed by atoms with van der Waals surface area (Å²) in [5, 5.41) is 12.3. The van der Waals surface area contributed by atoms with Crippen LogP contribution in [0.25, 0.3) is 0 Å². The summed E-state index contributed by atoms with van der Waals surface area (Å²) in [6.45, 7) is 5.22. The molecule has 2 N–H and O–H groups in total. The van der Waals surface area contributed by atoms with E-state index in [-0.39, 0.29) is 12.5 Å². The molecule has 2 aliphatic rings. The Morgan fingerprint density at radius 1 is 1.35 bits per heavy atom. The highest BCUT2D eigenvalue weighted by Crippen LogP contribution is 2.25. The third kappa shape index (κ3) is 3.68. The average Bonchev–Trinajstić information content (AvgIpc) is 2.72. The van der Waals surface area contributed by atoms with Crippen LogP contribution in [0.15, 0.2) is 0 Å². The lowest BCUT2D eigenvalue weighted by Crippen LogP contribution is -2.42. The summed E-state index contributed by atoms with van der Waals surface area (Å²) < 4.78 is 0. The van der Waals surface area contributed by atoms with Crippen molar-refractivity contribution in [3.05, 3.63) is 0 Å². The number of carboxylic acid groups (broad SMARTS) is 1. The number of aliphatic carboxylic acids is 1. The topological polar surface area (TPSA) is 52.6 Å². The predicted octanol–water partition coefficient (Wildman–Crippen LogP) is 1.31. The molecule has 98 valence electrons. The summed E-state index contributed by atoms with van der Waals surface area (Å²) in [6.07, 6.45) is 5.52. The third-order valence-electron chi connectivity index (χ3n) is 4.02. The number of hydrogen-bond donors (Lipinski definition) is 2. The zero-order valence-electron chi connectivity index (χ0n) is 10.7. The Balaban J connectivity index is 1.95. The molecule has 0 amide bonds. The molecule has 4 heteroatoms. The van der Waals surface area contributed by atoms with Crippen LogP contribution in [0.2, 0.25) is 0 Å². The van der Waals surface area contributed by atoms with Crippen LogP contribution in [0.1, 0.15) is 39.0 Å². The molecule has 0 bridgehead atoms. The van der Waals surface area contributed by atoms with Gasteiger partial charge in [0.05, 0.1) is 6.42 Å². The van der Waals surface area contributed by atoms with E-state index in [9.17, 15) is 4.79 Å². The quantitative estimate of drug-likeness (QED) is 0.781. The maximum absolute atomic E-state index is 10.8. The Morgan fingerprint density at radius 2 is 2.06 bits per heavy atom.